The van der Waals surface area contributed by atoms with Crippen molar-refractivity contribution in [3.05, 3.63) is 35.4 Å². The largest absolute Gasteiger partial charge is 0.378 e. The van der Waals surface area contributed by atoms with Crippen molar-refractivity contribution in [2.24, 2.45) is 5.92 Å². The Morgan fingerprint density at radius 1 is 1.25 bits per heavy atom. The molecule has 0 amide bonds. The molecule has 1 aromatic carbocycles. The fourth-order valence-electron chi connectivity index (χ4n) is 3.14. The zero-order chi connectivity index (χ0) is 13.9. The van der Waals surface area contributed by atoms with Crippen molar-refractivity contribution in [1.82, 2.24) is 5.32 Å². The minimum atomic E-state index is 0.144. The second kappa shape index (κ2) is 5.74. The Morgan fingerprint density at radius 3 is 2.50 bits per heavy atom. The molecule has 0 saturated carbocycles. The number of nitrogens with one attached hydrogen (secondary N) is 1. The van der Waals surface area contributed by atoms with Crippen LogP contribution in [0.1, 0.15) is 24.0 Å². The first-order chi connectivity index (χ1) is 9.74. The molecule has 2 fully saturated rings. The van der Waals surface area contributed by atoms with E-state index in [1.165, 1.54) is 0 Å². The molecule has 2 heterocycles. The van der Waals surface area contributed by atoms with Gasteiger partial charge in [-0.1, -0.05) is 12.1 Å². The monoisotopic (exact) mass is 270 g/mol. The van der Waals surface area contributed by atoms with Gasteiger partial charge < -0.3 is 10.1 Å². The lowest BCUT2D eigenvalue weighted by Crippen LogP contribution is -2.55. The van der Waals surface area contributed by atoms with E-state index in [-0.39, 0.29) is 5.92 Å². The van der Waals surface area contributed by atoms with E-state index in [0.29, 0.717) is 29.9 Å². The zero-order valence-corrected chi connectivity index (χ0v) is 11.3. The quantitative estimate of drug-likeness (QED) is 0.902. The van der Waals surface area contributed by atoms with Crippen molar-refractivity contribution >= 4 is 5.78 Å². The normalized spacial score (nSPS) is 28.6. The maximum atomic E-state index is 12.4. The van der Waals surface area contributed by atoms with E-state index in [2.05, 4.69) is 11.4 Å². The number of Topliss-reactive ketones (excluding diaryl/α,β-unsaturated/α-hetero) is 1. The molecular weight excluding hydrogens is 252 g/mol. The number of morpholine rings is 1. The van der Waals surface area contributed by atoms with Crippen LogP contribution in [0.4, 0.5) is 0 Å². The Labute approximate surface area is 118 Å². The summed E-state index contributed by atoms with van der Waals surface area (Å²) >= 11 is 0. The molecule has 0 aliphatic carbocycles. The fraction of sp³-hybridized carbons (Fsp3) is 0.500. The van der Waals surface area contributed by atoms with E-state index in [9.17, 15) is 4.79 Å². The number of ketones is 1. The van der Waals surface area contributed by atoms with Crippen molar-refractivity contribution in [3.8, 4) is 6.07 Å². The molecular formula is C16H18N2O2. The van der Waals surface area contributed by atoms with Crippen molar-refractivity contribution in [3.63, 3.8) is 0 Å². The number of hydrogen-bond donors (Lipinski definition) is 1. The van der Waals surface area contributed by atoms with Crippen LogP contribution >= 0.6 is 0 Å². The summed E-state index contributed by atoms with van der Waals surface area (Å²) < 4.78 is 5.50. The number of rotatable bonds is 3. The molecule has 0 radical (unpaired) electrons. The molecule has 104 valence electrons. The van der Waals surface area contributed by atoms with Crippen molar-refractivity contribution in [1.29, 1.82) is 5.26 Å². The summed E-state index contributed by atoms with van der Waals surface area (Å²) in [5.74, 6) is 0.457. The molecule has 2 aliphatic heterocycles. The second-order valence-electron chi connectivity index (χ2n) is 5.72. The molecule has 4 nitrogen and oxygen atoms in total. The minimum Gasteiger partial charge on any atom is -0.378 e. The van der Waals surface area contributed by atoms with Crippen LogP contribution in [0.2, 0.25) is 0 Å². The lowest BCUT2D eigenvalue weighted by Gasteiger charge is -2.39. The number of carbonyl (C=O) groups excluding carboxylic acids is 1. The van der Waals surface area contributed by atoms with Gasteiger partial charge in [-0.25, -0.2) is 0 Å². The van der Waals surface area contributed by atoms with Gasteiger partial charge in [-0.15, -0.1) is 0 Å². The van der Waals surface area contributed by atoms with Crippen LogP contribution in [-0.4, -0.2) is 31.1 Å². The molecule has 20 heavy (non-hydrogen) atoms. The predicted molar refractivity (Wildman–Crippen MR) is 74.1 cm³/mol. The molecule has 1 aromatic rings. The Hall–Kier alpha value is -1.70. The zero-order valence-electron chi connectivity index (χ0n) is 11.3. The second-order valence-corrected chi connectivity index (χ2v) is 5.72. The predicted octanol–water partition coefficient (Wildman–Crippen LogP) is 1.44. The third-order valence-electron chi connectivity index (χ3n) is 4.16. The van der Waals surface area contributed by atoms with Gasteiger partial charge >= 0.3 is 0 Å². The minimum absolute atomic E-state index is 0.144. The third kappa shape index (κ3) is 2.90. The summed E-state index contributed by atoms with van der Waals surface area (Å²) in [6, 6.07) is 10.0. The Balaban J connectivity index is 1.62. The molecule has 2 atom stereocenters. The topological polar surface area (TPSA) is 62.1 Å². The molecule has 0 aromatic heterocycles. The van der Waals surface area contributed by atoms with E-state index in [1.807, 2.05) is 12.1 Å². The summed E-state index contributed by atoms with van der Waals surface area (Å²) in [5.41, 5.74) is 1.63. The Kier molecular flexibility index (Phi) is 3.81. The SMILES string of the molecule is N#Cc1ccc(CC(=O)C2CC3COCC(C2)N3)cc1. The third-order valence-corrected chi connectivity index (χ3v) is 4.16. The summed E-state index contributed by atoms with van der Waals surface area (Å²) in [7, 11) is 0. The fourth-order valence-corrected chi connectivity index (χ4v) is 3.14. The standard InChI is InChI=1S/C16H18N2O2/c17-8-12-3-1-11(2-4-12)5-16(19)13-6-14-9-20-10-15(7-13)18-14/h1-4,13-15,18H,5-7,9-10H2. The molecule has 0 spiro atoms. The molecule has 4 heteroatoms. The van der Waals surface area contributed by atoms with Crippen LogP contribution in [0.3, 0.4) is 0 Å². The number of ether oxygens (including phenoxy) is 1. The van der Waals surface area contributed by atoms with Gasteiger partial charge in [0.2, 0.25) is 0 Å². The Bertz CT molecular complexity index is 520. The average molecular weight is 270 g/mol. The molecule has 2 bridgehead atoms. The van der Waals surface area contributed by atoms with Gasteiger partial charge in [0.15, 0.2) is 0 Å². The van der Waals surface area contributed by atoms with Crippen LogP contribution < -0.4 is 5.32 Å². The number of nitrogens with zero attached hydrogens (tertiary/aromatic N) is 1. The number of nitriles is 1. The van der Waals surface area contributed by atoms with Crippen LogP contribution in [0.25, 0.3) is 0 Å². The molecule has 3 rings (SSSR count). The first-order valence-electron chi connectivity index (χ1n) is 7.10. The van der Waals surface area contributed by atoms with Crippen LogP contribution in [0, 0.1) is 17.2 Å². The summed E-state index contributed by atoms with van der Waals surface area (Å²) in [6.45, 7) is 1.44. The summed E-state index contributed by atoms with van der Waals surface area (Å²) in [4.78, 5) is 12.4. The average Bonchev–Trinajstić information content (AvgIpc) is 2.47. The first kappa shape index (κ1) is 13.3. The highest BCUT2D eigenvalue weighted by Crippen LogP contribution is 2.25. The summed E-state index contributed by atoms with van der Waals surface area (Å²) in [5, 5.41) is 12.3. The van der Waals surface area contributed by atoms with Gasteiger partial charge in [0.05, 0.1) is 24.8 Å². The molecule has 2 unspecified atom stereocenters. The van der Waals surface area contributed by atoms with Gasteiger partial charge in [0.25, 0.3) is 0 Å². The highest BCUT2D eigenvalue weighted by atomic mass is 16.5. The highest BCUT2D eigenvalue weighted by molar-refractivity contribution is 5.83. The Morgan fingerprint density at radius 2 is 1.90 bits per heavy atom. The number of benzene rings is 1. The van der Waals surface area contributed by atoms with E-state index in [1.54, 1.807) is 12.1 Å². The van der Waals surface area contributed by atoms with E-state index >= 15 is 0 Å². The van der Waals surface area contributed by atoms with Crippen molar-refractivity contribution in [2.75, 3.05) is 13.2 Å². The smallest absolute Gasteiger partial charge is 0.140 e. The lowest BCUT2D eigenvalue weighted by molar-refractivity contribution is -0.125. The van der Waals surface area contributed by atoms with Crippen molar-refractivity contribution < 1.29 is 9.53 Å². The molecule has 2 aliphatic rings. The molecule has 1 N–H and O–H groups in total. The van der Waals surface area contributed by atoms with Gasteiger partial charge in [0.1, 0.15) is 5.78 Å². The number of piperidine rings is 1. The van der Waals surface area contributed by atoms with Gasteiger partial charge in [-0.05, 0) is 30.5 Å². The lowest BCUT2D eigenvalue weighted by atomic mass is 9.82. The number of carbonyl (C=O) groups is 1. The van der Waals surface area contributed by atoms with Crippen LogP contribution in [-0.2, 0) is 16.0 Å². The maximum Gasteiger partial charge on any atom is 0.140 e. The van der Waals surface area contributed by atoms with E-state index < -0.39 is 0 Å². The van der Waals surface area contributed by atoms with E-state index in [0.717, 1.165) is 31.6 Å². The van der Waals surface area contributed by atoms with Crippen LogP contribution in [0.5, 0.6) is 0 Å². The van der Waals surface area contributed by atoms with E-state index in [4.69, 9.17) is 10.00 Å². The van der Waals surface area contributed by atoms with Crippen LogP contribution in [0.15, 0.2) is 24.3 Å². The van der Waals surface area contributed by atoms with Crippen molar-refractivity contribution in [2.45, 2.75) is 31.3 Å². The summed E-state index contributed by atoms with van der Waals surface area (Å²) in [6.07, 6.45) is 2.23. The maximum absolute atomic E-state index is 12.4. The van der Waals surface area contributed by atoms with Gasteiger partial charge in [0, 0.05) is 24.4 Å². The number of hydrogen-bond acceptors (Lipinski definition) is 4. The van der Waals surface area contributed by atoms with Gasteiger partial charge in [-0.2, -0.15) is 5.26 Å². The van der Waals surface area contributed by atoms with Gasteiger partial charge in [-0.3, -0.25) is 4.79 Å². The number of fused-ring (bicyclic) bond motifs is 2. The highest BCUT2D eigenvalue weighted by Gasteiger charge is 2.34. The first-order valence-corrected chi connectivity index (χ1v) is 7.10. The molecule has 2 saturated heterocycles.